The molecule has 0 heterocycles. The first-order valence-corrected chi connectivity index (χ1v) is 6.15. The fourth-order valence-electron chi connectivity index (χ4n) is 1.76. The number of nitrogens with one attached hydrogen (secondary N) is 1. The van der Waals surface area contributed by atoms with Crippen molar-refractivity contribution in [3.05, 3.63) is 70.4 Å². The van der Waals surface area contributed by atoms with Gasteiger partial charge in [-0.1, -0.05) is 12.1 Å². The molecule has 0 saturated heterocycles. The smallest absolute Gasteiger partial charge is 0.296 e. The first-order valence-electron chi connectivity index (χ1n) is 6.15. The van der Waals surface area contributed by atoms with Crippen molar-refractivity contribution in [3.63, 3.8) is 0 Å². The van der Waals surface area contributed by atoms with Gasteiger partial charge < -0.3 is 15.2 Å². The average Bonchev–Trinajstić information content (AvgIpc) is 2.49. The number of phenols is 1. The predicted octanol–water partition coefficient (Wildman–Crippen LogP) is 3.09. The Morgan fingerprint density at radius 1 is 1.24 bits per heavy atom. The van der Waals surface area contributed by atoms with E-state index in [9.17, 15) is 15.2 Å². The van der Waals surface area contributed by atoms with Gasteiger partial charge in [0.05, 0.1) is 23.8 Å². The van der Waals surface area contributed by atoms with Gasteiger partial charge in [-0.25, -0.2) is 0 Å². The number of nitro groups is 1. The van der Waals surface area contributed by atoms with Crippen LogP contribution in [-0.2, 0) is 0 Å². The molecule has 0 aliphatic heterocycles. The maximum atomic E-state index is 11.1. The van der Waals surface area contributed by atoms with Gasteiger partial charge in [-0.3, -0.25) is 10.1 Å². The summed E-state index contributed by atoms with van der Waals surface area (Å²) in [6.45, 7) is 0. The normalized spacial score (nSPS) is 11.0. The van der Waals surface area contributed by atoms with Gasteiger partial charge in [0.1, 0.15) is 11.5 Å². The zero-order chi connectivity index (χ0) is 15.2. The highest BCUT2D eigenvalue weighted by molar-refractivity contribution is 5.66. The molecule has 2 N–H and O–H groups in total. The van der Waals surface area contributed by atoms with E-state index in [4.69, 9.17) is 4.74 Å². The standard InChI is InChI=1S/C15H14N2O4/c1-21-12-8-6-11(7-9-12)16-10-14(17(19)20)13-4-2-3-5-15(13)18/h2-10,16,18H,1H3. The van der Waals surface area contributed by atoms with E-state index in [-0.39, 0.29) is 17.0 Å². The fraction of sp³-hybridized carbons (Fsp3) is 0.0667. The van der Waals surface area contributed by atoms with Crippen LogP contribution in [0.15, 0.2) is 54.7 Å². The number of hydrogen-bond acceptors (Lipinski definition) is 5. The van der Waals surface area contributed by atoms with Crippen LogP contribution in [0.3, 0.4) is 0 Å². The molecule has 0 fully saturated rings. The lowest BCUT2D eigenvalue weighted by molar-refractivity contribution is -0.375. The molecule has 0 atom stereocenters. The van der Waals surface area contributed by atoms with Crippen molar-refractivity contribution in [2.24, 2.45) is 0 Å². The molecule has 2 rings (SSSR count). The summed E-state index contributed by atoms with van der Waals surface area (Å²) in [6, 6.07) is 13.1. The summed E-state index contributed by atoms with van der Waals surface area (Å²) in [5.41, 5.74) is 0.609. The second kappa shape index (κ2) is 6.42. The highest BCUT2D eigenvalue weighted by Crippen LogP contribution is 2.25. The monoisotopic (exact) mass is 286 g/mol. The fourth-order valence-corrected chi connectivity index (χ4v) is 1.76. The number of benzene rings is 2. The van der Waals surface area contributed by atoms with Crippen molar-refractivity contribution in [1.29, 1.82) is 0 Å². The third-order valence-electron chi connectivity index (χ3n) is 2.84. The van der Waals surface area contributed by atoms with Gasteiger partial charge in [0.15, 0.2) is 0 Å². The van der Waals surface area contributed by atoms with Gasteiger partial charge in [0, 0.05) is 5.69 Å². The molecule has 6 nitrogen and oxygen atoms in total. The Kier molecular flexibility index (Phi) is 4.40. The van der Waals surface area contributed by atoms with Crippen LogP contribution < -0.4 is 10.1 Å². The number of hydrogen-bond donors (Lipinski definition) is 2. The molecule has 0 aliphatic rings. The molecule has 0 unspecified atom stereocenters. The van der Waals surface area contributed by atoms with Crippen molar-refractivity contribution in [1.82, 2.24) is 0 Å². The van der Waals surface area contributed by atoms with Gasteiger partial charge in [-0.15, -0.1) is 0 Å². The number of anilines is 1. The average molecular weight is 286 g/mol. The first-order chi connectivity index (χ1) is 10.1. The van der Waals surface area contributed by atoms with Crippen LogP contribution in [0, 0.1) is 10.1 Å². The molecule has 2 aromatic carbocycles. The topological polar surface area (TPSA) is 84.6 Å². The largest absolute Gasteiger partial charge is 0.507 e. The van der Waals surface area contributed by atoms with Crippen LogP contribution in [0.1, 0.15) is 5.56 Å². The van der Waals surface area contributed by atoms with Crippen molar-refractivity contribution >= 4 is 11.4 Å². The second-order valence-electron chi connectivity index (χ2n) is 4.18. The molecule has 6 heteroatoms. The van der Waals surface area contributed by atoms with Crippen LogP contribution in [0.2, 0.25) is 0 Å². The molecule has 0 aromatic heterocycles. The van der Waals surface area contributed by atoms with E-state index in [0.717, 1.165) is 0 Å². The van der Waals surface area contributed by atoms with E-state index in [1.54, 1.807) is 43.5 Å². The lowest BCUT2D eigenvalue weighted by Crippen LogP contribution is -2.01. The first kappa shape index (κ1) is 14.4. The van der Waals surface area contributed by atoms with Gasteiger partial charge in [0.25, 0.3) is 5.70 Å². The summed E-state index contributed by atoms with van der Waals surface area (Å²) >= 11 is 0. The predicted molar refractivity (Wildman–Crippen MR) is 79.7 cm³/mol. The maximum Gasteiger partial charge on any atom is 0.296 e. The minimum atomic E-state index is -0.550. The molecular formula is C15H14N2O4. The zero-order valence-corrected chi connectivity index (χ0v) is 11.3. The van der Waals surface area contributed by atoms with Crippen molar-refractivity contribution in [3.8, 4) is 11.5 Å². The van der Waals surface area contributed by atoms with Crippen molar-refractivity contribution in [2.45, 2.75) is 0 Å². The highest BCUT2D eigenvalue weighted by atomic mass is 16.6. The summed E-state index contributed by atoms with van der Waals surface area (Å²) in [7, 11) is 1.56. The zero-order valence-electron chi connectivity index (χ0n) is 11.3. The Hall–Kier alpha value is -3.02. The van der Waals surface area contributed by atoms with Crippen LogP contribution in [0.4, 0.5) is 5.69 Å². The number of methoxy groups -OCH3 is 1. The summed E-state index contributed by atoms with van der Waals surface area (Å²) in [5, 5.41) is 23.7. The molecular weight excluding hydrogens is 272 g/mol. The number of para-hydroxylation sites is 1. The minimum Gasteiger partial charge on any atom is -0.507 e. The molecule has 0 amide bonds. The molecule has 2 aromatic rings. The molecule has 0 saturated carbocycles. The van der Waals surface area contributed by atoms with Gasteiger partial charge in [-0.05, 0) is 36.4 Å². The summed E-state index contributed by atoms with van der Waals surface area (Å²) in [6.07, 6.45) is 1.25. The molecule has 21 heavy (non-hydrogen) atoms. The van der Waals surface area contributed by atoms with E-state index in [1.165, 1.54) is 18.3 Å². The third-order valence-corrected chi connectivity index (χ3v) is 2.84. The maximum absolute atomic E-state index is 11.1. The van der Waals surface area contributed by atoms with Crippen LogP contribution >= 0.6 is 0 Å². The van der Waals surface area contributed by atoms with Gasteiger partial charge in [-0.2, -0.15) is 0 Å². The summed E-state index contributed by atoms with van der Waals surface area (Å²) in [4.78, 5) is 10.6. The molecule has 108 valence electrons. The van der Waals surface area contributed by atoms with E-state index < -0.39 is 4.92 Å². The quantitative estimate of drug-likeness (QED) is 0.651. The SMILES string of the molecule is COc1ccc(NC=C(c2ccccc2O)[N+](=O)[O-])cc1. The number of phenolic OH excluding ortho intramolecular Hbond substituents is 1. The Balaban J connectivity index is 2.26. The van der Waals surface area contributed by atoms with Crippen LogP contribution in [0.25, 0.3) is 5.70 Å². The molecule has 0 radical (unpaired) electrons. The minimum absolute atomic E-state index is 0.142. The van der Waals surface area contributed by atoms with Crippen molar-refractivity contribution in [2.75, 3.05) is 12.4 Å². The number of aromatic hydroxyl groups is 1. The summed E-state index contributed by atoms with van der Waals surface area (Å²) < 4.78 is 5.03. The van der Waals surface area contributed by atoms with Crippen LogP contribution in [0.5, 0.6) is 11.5 Å². The van der Waals surface area contributed by atoms with E-state index in [0.29, 0.717) is 11.4 Å². The van der Waals surface area contributed by atoms with E-state index in [2.05, 4.69) is 5.32 Å². The molecule has 0 bridgehead atoms. The lowest BCUT2D eigenvalue weighted by Gasteiger charge is -2.05. The Morgan fingerprint density at radius 2 is 1.90 bits per heavy atom. The Bertz CT molecular complexity index is 666. The van der Waals surface area contributed by atoms with E-state index in [1.807, 2.05) is 0 Å². The summed E-state index contributed by atoms with van der Waals surface area (Å²) in [5.74, 6) is 0.553. The second-order valence-corrected chi connectivity index (χ2v) is 4.18. The third kappa shape index (κ3) is 3.50. The van der Waals surface area contributed by atoms with Crippen molar-refractivity contribution < 1.29 is 14.8 Å². The van der Waals surface area contributed by atoms with Gasteiger partial charge >= 0.3 is 0 Å². The molecule has 0 spiro atoms. The lowest BCUT2D eigenvalue weighted by atomic mass is 10.1. The molecule has 0 aliphatic carbocycles. The van der Waals surface area contributed by atoms with E-state index >= 15 is 0 Å². The van der Waals surface area contributed by atoms with Gasteiger partial charge in [0.2, 0.25) is 0 Å². The number of nitrogens with zero attached hydrogens (tertiary/aromatic N) is 1. The number of rotatable bonds is 5. The Morgan fingerprint density at radius 3 is 2.48 bits per heavy atom. The number of ether oxygens (including phenoxy) is 1. The van der Waals surface area contributed by atoms with Crippen LogP contribution in [-0.4, -0.2) is 17.1 Å². The Labute approximate surface area is 121 Å². The highest BCUT2D eigenvalue weighted by Gasteiger charge is 2.17.